The summed E-state index contributed by atoms with van der Waals surface area (Å²) in [6, 6.07) is 14.0. The van der Waals surface area contributed by atoms with Crippen LogP contribution < -0.4 is 20.7 Å². The number of nitrogens with one attached hydrogen (secondary N) is 3. The molecule has 26 heavy (non-hydrogen) atoms. The van der Waals surface area contributed by atoms with Crippen LogP contribution >= 0.6 is 0 Å². The van der Waals surface area contributed by atoms with E-state index in [1.165, 1.54) is 0 Å². The van der Waals surface area contributed by atoms with E-state index in [1.807, 2.05) is 31.2 Å². The Morgan fingerprint density at radius 3 is 2.31 bits per heavy atom. The summed E-state index contributed by atoms with van der Waals surface area (Å²) in [5.41, 5.74) is 3.62. The number of carbonyl (C=O) groups excluding carboxylic acids is 2. The van der Waals surface area contributed by atoms with Crippen molar-refractivity contribution in [2.45, 2.75) is 19.9 Å². The molecule has 2 aromatic rings. The third kappa shape index (κ3) is 3.69. The van der Waals surface area contributed by atoms with E-state index >= 15 is 0 Å². The van der Waals surface area contributed by atoms with Gasteiger partial charge in [0.2, 0.25) is 0 Å². The molecule has 0 radical (unpaired) electrons. The Morgan fingerprint density at radius 2 is 1.69 bits per heavy atom. The quantitative estimate of drug-likeness (QED) is 0.791. The van der Waals surface area contributed by atoms with Gasteiger partial charge >= 0.3 is 6.03 Å². The fourth-order valence-electron chi connectivity index (χ4n) is 2.88. The van der Waals surface area contributed by atoms with Crippen LogP contribution in [0.2, 0.25) is 0 Å². The summed E-state index contributed by atoms with van der Waals surface area (Å²) in [7, 11) is 1.59. The predicted molar refractivity (Wildman–Crippen MR) is 99.9 cm³/mol. The zero-order valence-corrected chi connectivity index (χ0v) is 14.9. The van der Waals surface area contributed by atoms with E-state index in [2.05, 4.69) is 16.0 Å². The molecule has 1 atom stereocenters. The predicted octanol–water partition coefficient (Wildman–Crippen LogP) is 3.27. The van der Waals surface area contributed by atoms with Gasteiger partial charge in [-0.2, -0.15) is 0 Å². The molecule has 0 saturated heterocycles. The maximum absolute atomic E-state index is 12.9. The van der Waals surface area contributed by atoms with Gasteiger partial charge in [0.25, 0.3) is 5.91 Å². The van der Waals surface area contributed by atoms with E-state index in [0.717, 1.165) is 11.1 Å². The Hall–Kier alpha value is -3.28. The van der Waals surface area contributed by atoms with Crippen LogP contribution in [-0.2, 0) is 4.79 Å². The number of carbonyl (C=O) groups is 2. The molecule has 0 bridgehead atoms. The highest BCUT2D eigenvalue weighted by atomic mass is 16.5. The van der Waals surface area contributed by atoms with Gasteiger partial charge in [0.05, 0.1) is 18.7 Å². The van der Waals surface area contributed by atoms with Crippen molar-refractivity contribution in [1.29, 1.82) is 0 Å². The summed E-state index contributed by atoms with van der Waals surface area (Å²) in [4.78, 5) is 24.8. The first-order chi connectivity index (χ1) is 12.5. The molecule has 3 rings (SSSR count). The average Bonchev–Trinajstić information content (AvgIpc) is 2.62. The third-order valence-corrected chi connectivity index (χ3v) is 4.27. The monoisotopic (exact) mass is 351 g/mol. The summed E-state index contributed by atoms with van der Waals surface area (Å²) in [5.74, 6) is 0.438. The van der Waals surface area contributed by atoms with Crippen molar-refractivity contribution in [1.82, 2.24) is 10.6 Å². The van der Waals surface area contributed by atoms with Crippen molar-refractivity contribution in [2.75, 3.05) is 12.4 Å². The van der Waals surface area contributed by atoms with Gasteiger partial charge < -0.3 is 20.7 Å². The van der Waals surface area contributed by atoms with Gasteiger partial charge in [-0.25, -0.2) is 4.79 Å². The van der Waals surface area contributed by atoms with Crippen molar-refractivity contribution in [3.05, 3.63) is 70.9 Å². The molecule has 0 fully saturated rings. The molecule has 1 unspecified atom stereocenters. The Bertz CT molecular complexity index is 855. The van der Waals surface area contributed by atoms with Crippen LogP contribution in [-0.4, -0.2) is 19.0 Å². The second-order valence-corrected chi connectivity index (χ2v) is 6.16. The van der Waals surface area contributed by atoms with Crippen molar-refractivity contribution in [3.8, 4) is 5.75 Å². The Labute approximate surface area is 152 Å². The Kier molecular flexibility index (Phi) is 4.93. The van der Waals surface area contributed by atoms with Crippen LogP contribution in [0.3, 0.4) is 0 Å². The van der Waals surface area contributed by atoms with E-state index in [9.17, 15) is 9.59 Å². The van der Waals surface area contributed by atoms with E-state index in [0.29, 0.717) is 22.7 Å². The molecule has 1 heterocycles. The number of aryl methyl sites for hydroxylation is 1. The summed E-state index contributed by atoms with van der Waals surface area (Å²) >= 11 is 0. The smallest absolute Gasteiger partial charge is 0.319 e. The van der Waals surface area contributed by atoms with Gasteiger partial charge in [0.15, 0.2) is 0 Å². The lowest BCUT2D eigenvalue weighted by Gasteiger charge is -2.28. The Morgan fingerprint density at radius 1 is 1.04 bits per heavy atom. The third-order valence-electron chi connectivity index (χ3n) is 4.27. The molecule has 0 aliphatic carbocycles. The minimum absolute atomic E-state index is 0.272. The molecule has 3 N–H and O–H groups in total. The molecule has 2 aromatic carbocycles. The number of allylic oxidation sites excluding steroid dienone is 1. The molecule has 3 amide bonds. The SMILES string of the molecule is COc1ccc(NC(=O)C2=C(C)NC(=O)NC2c2ccc(C)cc2)cc1. The van der Waals surface area contributed by atoms with E-state index in [4.69, 9.17) is 4.74 Å². The number of rotatable bonds is 4. The molecule has 0 spiro atoms. The molecule has 6 nitrogen and oxygen atoms in total. The van der Waals surface area contributed by atoms with Crippen molar-refractivity contribution < 1.29 is 14.3 Å². The van der Waals surface area contributed by atoms with Gasteiger partial charge in [-0.15, -0.1) is 0 Å². The summed E-state index contributed by atoms with van der Waals surface area (Å²) in [5, 5.41) is 8.38. The first-order valence-corrected chi connectivity index (χ1v) is 8.28. The molecule has 1 aliphatic rings. The van der Waals surface area contributed by atoms with Crippen LogP contribution in [0.1, 0.15) is 24.1 Å². The number of ether oxygens (including phenoxy) is 1. The molecular formula is C20H21N3O3. The van der Waals surface area contributed by atoms with E-state index in [1.54, 1.807) is 38.3 Å². The summed E-state index contributed by atoms with van der Waals surface area (Å²) < 4.78 is 5.12. The fourth-order valence-corrected chi connectivity index (χ4v) is 2.88. The largest absolute Gasteiger partial charge is 0.497 e. The normalized spacial score (nSPS) is 16.6. The number of benzene rings is 2. The van der Waals surface area contributed by atoms with Crippen LogP contribution in [0, 0.1) is 6.92 Å². The second kappa shape index (κ2) is 7.31. The lowest BCUT2D eigenvalue weighted by atomic mass is 9.94. The lowest BCUT2D eigenvalue weighted by Crippen LogP contribution is -2.45. The molecule has 1 aliphatic heterocycles. The average molecular weight is 351 g/mol. The number of hydrogen-bond acceptors (Lipinski definition) is 3. The Balaban J connectivity index is 1.89. The number of anilines is 1. The fraction of sp³-hybridized carbons (Fsp3) is 0.200. The van der Waals surface area contributed by atoms with E-state index in [-0.39, 0.29) is 11.9 Å². The van der Waals surface area contributed by atoms with Crippen LogP contribution in [0.5, 0.6) is 5.75 Å². The first kappa shape index (κ1) is 17.5. The zero-order valence-electron chi connectivity index (χ0n) is 14.9. The summed E-state index contributed by atoms with van der Waals surface area (Å²) in [6.07, 6.45) is 0. The first-order valence-electron chi connectivity index (χ1n) is 8.28. The van der Waals surface area contributed by atoms with Crippen LogP contribution in [0.15, 0.2) is 59.8 Å². The second-order valence-electron chi connectivity index (χ2n) is 6.16. The van der Waals surface area contributed by atoms with Crippen LogP contribution in [0.25, 0.3) is 0 Å². The van der Waals surface area contributed by atoms with Crippen molar-refractivity contribution in [2.24, 2.45) is 0 Å². The van der Waals surface area contributed by atoms with Gasteiger partial charge in [-0.3, -0.25) is 4.79 Å². The van der Waals surface area contributed by atoms with Gasteiger partial charge in [-0.1, -0.05) is 29.8 Å². The number of amides is 3. The molecule has 134 valence electrons. The van der Waals surface area contributed by atoms with Crippen molar-refractivity contribution in [3.63, 3.8) is 0 Å². The lowest BCUT2D eigenvalue weighted by molar-refractivity contribution is -0.113. The highest BCUT2D eigenvalue weighted by molar-refractivity contribution is 6.06. The number of methoxy groups -OCH3 is 1. The minimum atomic E-state index is -0.511. The highest BCUT2D eigenvalue weighted by Gasteiger charge is 2.31. The molecule has 0 aromatic heterocycles. The molecule has 0 saturated carbocycles. The maximum atomic E-state index is 12.9. The standard InChI is InChI=1S/C20H21N3O3/c1-12-4-6-14(7-5-12)18-17(13(2)21-20(25)23-18)19(24)22-15-8-10-16(26-3)11-9-15/h4-11,18H,1-3H3,(H,22,24)(H2,21,23,25). The van der Waals surface area contributed by atoms with Gasteiger partial charge in [0.1, 0.15) is 5.75 Å². The highest BCUT2D eigenvalue weighted by Crippen LogP contribution is 2.28. The summed E-state index contributed by atoms with van der Waals surface area (Å²) in [6.45, 7) is 3.71. The van der Waals surface area contributed by atoms with Gasteiger partial charge in [-0.05, 0) is 43.7 Å². The van der Waals surface area contributed by atoms with E-state index < -0.39 is 6.04 Å². The minimum Gasteiger partial charge on any atom is -0.497 e. The molecule has 6 heteroatoms. The van der Waals surface area contributed by atoms with Crippen molar-refractivity contribution >= 4 is 17.6 Å². The van der Waals surface area contributed by atoms with Crippen LogP contribution in [0.4, 0.5) is 10.5 Å². The maximum Gasteiger partial charge on any atom is 0.319 e. The zero-order chi connectivity index (χ0) is 18.7. The van der Waals surface area contributed by atoms with Gasteiger partial charge in [0, 0.05) is 11.4 Å². The number of hydrogen-bond donors (Lipinski definition) is 3. The molecular weight excluding hydrogens is 330 g/mol. The topological polar surface area (TPSA) is 79.5 Å². The number of urea groups is 1.